The molecule has 0 aliphatic carbocycles. The number of methoxy groups -OCH3 is 2. The van der Waals surface area contributed by atoms with Crippen molar-refractivity contribution in [1.29, 1.82) is 0 Å². The Balaban J connectivity index is 2.39. The van der Waals surface area contributed by atoms with Crippen LogP contribution in [0.4, 0.5) is 4.79 Å². The first-order valence-electron chi connectivity index (χ1n) is 9.10. The molecule has 0 saturated carbocycles. The van der Waals surface area contributed by atoms with E-state index < -0.39 is 36.1 Å². The zero-order valence-electron chi connectivity index (χ0n) is 16.8. The molecule has 1 rings (SSSR count). The largest absolute Gasteiger partial charge is 0.467 e. The van der Waals surface area contributed by atoms with E-state index in [0.717, 1.165) is 18.7 Å². The molecule has 2 amide bonds. The number of benzene rings is 1. The van der Waals surface area contributed by atoms with Crippen LogP contribution in [0.5, 0.6) is 0 Å². The Labute approximate surface area is 174 Å². The van der Waals surface area contributed by atoms with Crippen molar-refractivity contribution in [2.75, 3.05) is 20.8 Å². The second kappa shape index (κ2) is 13.7. The first kappa shape index (κ1) is 24.6. The number of hydrogen-bond donors (Lipinski definition) is 3. The second-order valence-corrected chi connectivity index (χ2v) is 6.11. The Morgan fingerprint density at radius 2 is 1.80 bits per heavy atom. The van der Waals surface area contributed by atoms with Gasteiger partial charge in [0.1, 0.15) is 12.6 Å². The quantitative estimate of drug-likeness (QED) is 0.265. The van der Waals surface area contributed by atoms with Crippen LogP contribution in [0.25, 0.3) is 0 Å². The molecule has 0 saturated heterocycles. The van der Waals surface area contributed by atoms with Crippen LogP contribution >= 0.6 is 0 Å². The molecule has 164 valence electrons. The van der Waals surface area contributed by atoms with Crippen LogP contribution in [-0.4, -0.2) is 62.0 Å². The summed E-state index contributed by atoms with van der Waals surface area (Å²) < 4.78 is 14.0. The molecule has 0 radical (unpaired) electrons. The standard InChI is InChI=1S/C20H26N2O8/c1-28-18(25)10-6-9-16(19(26)29-2)22-17(24)11-15(23)12-21-20(27)30-13-14-7-4-3-5-8-14/h3-8,10,15-16,23H,9,11-13H2,1-2H3,(H,21,27)(H,22,24)/b10-6+/t15-,16+/m0/s1. The molecule has 0 aliphatic heterocycles. The van der Waals surface area contributed by atoms with Crippen LogP contribution in [0.1, 0.15) is 18.4 Å². The van der Waals surface area contributed by atoms with E-state index in [-0.39, 0.29) is 26.0 Å². The van der Waals surface area contributed by atoms with Gasteiger partial charge in [0.2, 0.25) is 5.91 Å². The maximum atomic E-state index is 12.1. The Hall–Kier alpha value is -3.40. The predicted molar refractivity (Wildman–Crippen MR) is 105 cm³/mol. The fourth-order valence-corrected chi connectivity index (χ4v) is 2.24. The number of ether oxygens (including phenoxy) is 3. The molecule has 0 bridgehead atoms. The van der Waals surface area contributed by atoms with Crippen molar-refractivity contribution in [3.05, 3.63) is 48.0 Å². The van der Waals surface area contributed by atoms with E-state index in [2.05, 4.69) is 20.1 Å². The minimum absolute atomic E-state index is 0.00628. The Morgan fingerprint density at radius 1 is 1.10 bits per heavy atom. The Morgan fingerprint density at radius 3 is 2.43 bits per heavy atom. The topological polar surface area (TPSA) is 140 Å². The summed E-state index contributed by atoms with van der Waals surface area (Å²) in [4.78, 5) is 46.5. The molecule has 0 heterocycles. The third-order valence-electron chi connectivity index (χ3n) is 3.76. The summed E-state index contributed by atoms with van der Waals surface area (Å²) in [6.07, 6.45) is 0.161. The number of aliphatic hydroxyl groups excluding tert-OH is 1. The van der Waals surface area contributed by atoms with Gasteiger partial charge >= 0.3 is 18.0 Å². The first-order valence-corrected chi connectivity index (χ1v) is 9.10. The predicted octanol–water partition coefficient (Wildman–Crippen LogP) is 0.441. The molecular weight excluding hydrogens is 396 g/mol. The van der Waals surface area contributed by atoms with Crippen molar-refractivity contribution < 1.29 is 38.5 Å². The molecule has 10 nitrogen and oxygen atoms in total. The number of nitrogens with one attached hydrogen (secondary N) is 2. The van der Waals surface area contributed by atoms with E-state index in [1.165, 1.54) is 13.2 Å². The molecule has 0 unspecified atom stereocenters. The number of amides is 2. The van der Waals surface area contributed by atoms with Crippen LogP contribution in [0.3, 0.4) is 0 Å². The minimum Gasteiger partial charge on any atom is -0.467 e. The summed E-state index contributed by atoms with van der Waals surface area (Å²) in [5, 5.41) is 14.7. The molecule has 1 aromatic carbocycles. The van der Waals surface area contributed by atoms with Crippen LogP contribution in [-0.2, 0) is 35.2 Å². The Bertz CT molecular complexity index is 736. The van der Waals surface area contributed by atoms with Gasteiger partial charge in [0, 0.05) is 12.6 Å². The summed E-state index contributed by atoms with van der Waals surface area (Å²) in [6, 6.07) is 8.01. The van der Waals surface area contributed by atoms with Crippen LogP contribution in [0.2, 0.25) is 0 Å². The van der Waals surface area contributed by atoms with Gasteiger partial charge in [0.05, 0.1) is 26.7 Å². The van der Waals surface area contributed by atoms with Crippen molar-refractivity contribution in [2.45, 2.75) is 31.6 Å². The molecule has 10 heteroatoms. The number of rotatable bonds is 11. The van der Waals surface area contributed by atoms with E-state index >= 15 is 0 Å². The van der Waals surface area contributed by atoms with Crippen LogP contribution < -0.4 is 10.6 Å². The van der Waals surface area contributed by atoms with Crippen molar-refractivity contribution >= 4 is 23.9 Å². The highest BCUT2D eigenvalue weighted by atomic mass is 16.5. The SMILES string of the molecule is COC(=O)/C=C/C[C@@H](NC(=O)C[C@H](O)CNC(=O)OCc1ccccc1)C(=O)OC. The van der Waals surface area contributed by atoms with E-state index in [0.29, 0.717) is 0 Å². The van der Waals surface area contributed by atoms with Crippen LogP contribution in [0, 0.1) is 0 Å². The average Bonchev–Trinajstić information content (AvgIpc) is 2.75. The van der Waals surface area contributed by atoms with E-state index in [9.17, 15) is 24.3 Å². The van der Waals surface area contributed by atoms with Gasteiger partial charge in [-0.1, -0.05) is 36.4 Å². The number of hydrogen-bond acceptors (Lipinski definition) is 8. The van der Waals surface area contributed by atoms with E-state index in [1.54, 1.807) is 12.1 Å². The Kier molecular flexibility index (Phi) is 11.3. The second-order valence-electron chi connectivity index (χ2n) is 6.11. The summed E-state index contributed by atoms with van der Waals surface area (Å²) in [6.45, 7) is -0.144. The van der Waals surface area contributed by atoms with Crippen molar-refractivity contribution in [1.82, 2.24) is 10.6 Å². The maximum Gasteiger partial charge on any atom is 0.407 e. The maximum absolute atomic E-state index is 12.1. The lowest BCUT2D eigenvalue weighted by molar-refractivity contribution is -0.145. The van der Waals surface area contributed by atoms with Gasteiger partial charge in [0.25, 0.3) is 0 Å². The lowest BCUT2D eigenvalue weighted by Crippen LogP contribution is -2.43. The van der Waals surface area contributed by atoms with Gasteiger partial charge < -0.3 is 30.0 Å². The molecule has 0 spiro atoms. The fourth-order valence-electron chi connectivity index (χ4n) is 2.24. The lowest BCUT2D eigenvalue weighted by Gasteiger charge is -2.17. The van der Waals surface area contributed by atoms with Crippen molar-refractivity contribution in [3.63, 3.8) is 0 Å². The highest BCUT2D eigenvalue weighted by Gasteiger charge is 2.22. The normalized spacial score (nSPS) is 12.5. The molecule has 0 aliphatic rings. The van der Waals surface area contributed by atoms with Gasteiger partial charge in [-0.05, 0) is 12.0 Å². The van der Waals surface area contributed by atoms with E-state index in [4.69, 9.17) is 4.74 Å². The molecular formula is C20H26N2O8. The van der Waals surface area contributed by atoms with Gasteiger partial charge in [-0.2, -0.15) is 0 Å². The van der Waals surface area contributed by atoms with Gasteiger partial charge in [0.15, 0.2) is 0 Å². The first-order chi connectivity index (χ1) is 14.3. The lowest BCUT2D eigenvalue weighted by atomic mass is 10.1. The molecule has 0 aromatic heterocycles. The number of esters is 2. The summed E-state index contributed by atoms with van der Waals surface area (Å²) >= 11 is 0. The molecule has 3 N–H and O–H groups in total. The highest BCUT2D eigenvalue weighted by Crippen LogP contribution is 2.02. The van der Waals surface area contributed by atoms with Crippen LogP contribution in [0.15, 0.2) is 42.5 Å². The van der Waals surface area contributed by atoms with Gasteiger partial charge in [-0.25, -0.2) is 14.4 Å². The number of carbonyl (C=O) groups is 4. The third-order valence-corrected chi connectivity index (χ3v) is 3.76. The molecule has 2 atom stereocenters. The summed E-state index contributed by atoms with van der Waals surface area (Å²) in [5.41, 5.74) is 0.808. The van der Waals surface area contributed by atoms with Crippen molar-refractivity contribution in [2.24, 2.45) is 0 Å². The minimum atomic E-state index is -1.20. The van der Waals surface area contributed by atoms with Gasteiger partial charge in [-0.3, -0.25) is 4.79 Å². The average molecular weight is 422 g/mol. The smallest absolute Gasteiger partial charge is 0.407 e. The molecule has 30 heavy (non-hydrogen) atoms. The summed E-state index contributed by atoms with van der Waals surface area (Å²) in [7, 11) is 2.37. The van der Waals surface area contributed by atoms with E-state index in [1.807, 2.05) is 18.2 Å². The molecule has 1 aromatic rings. The zero-order chi connectivity index (χ0) is 22.4. The third kappa shape index (κ3) is 10.2. The number of alkyl carbamates (subject to hydrolysis) is 1. The number of carbonyl (C=O) groups excluding carboxylic acids is 4. The summed E-state index contributed by atoms with van der Waals surface area (Å²) in [5.74, 6) is -1.95. The zero-order valence-corrected chi connectivity index (χ0v) is 16.8. The monoisotopic (exact) mass is 422 g/mol. The fraction of sp³-hybridized carbons (Fsp3) is 0.400. The molecule has 0 fully saturated rings. The van der Waals surface area contributed by atoms with Crippen molar-refractivity contribution in [3.8, 4) is 0 Å². The number of aliphatic hydroxyl groups is 1. The highest BCUT2D eigenvalue weighted by molar-refractivity contribution is 5.85. The van der Waals surface area contributed by atoms with Gasteiger partial charge in [-0.15, -0.1) is 0 Å².